The Morgan fingerprint density at radius 1 is 0.253 bits per heavy atom. The van der Waals surface area contributed by atoms with E-state index in [-0.39, 0.29) is 31.1 Å². The van der Waals surface area contributed by atoms with E-state index in [9.17, 15) is 14.4 Å². The van der Waals surface area contributed by atoms with Crippen LogP contribution in [0.15, 0.2) is 134 Å². The molecule has 0 spiro atoms. The van der Waals surface area contributed by atoms with Gasteiger partial charge in [0.05, 0.1) is 0 Å². The van der Waals surface area contributed by atoms with Gasteiger partial charge in [-0.2, -0.15) is 0 Å². The highest BCUT2D eigenvalue weighted by atomic mass is 16.6. The molecule has 0 aliphatic rings. The van der Waals surface area contributed by atoms with Crippen molar-refractivity contribution < 1.29 is 28.6 Å². The quantitative estimate of drug-likeness (QED) is 0.0261. The van der Waals surface area contributed by atoms with Crippen LogP contribution in [0.4, 0.5) is 0 Å². The van der Waals surface area contributed by atoms with Crippen molar-refractivity contribution in [1.29, 1.82) is 0 Å². The molecule has 1 atom stereocenters. The number of ether oxygens (including phenoxy) is 3. The second kappa shape index (κ2) is 70.0. The Morgan fingerprint density at radius 3 is 0.735 bits per heavy atom. The summed E-state index contributed by atoms with van der Waals surface area (Å²) in [6, 6.07) is 0. The van der Waals surface area contributed by atoms with Gasteiger partial charge in [-0.05, 0) is 122 Å². The highest BCUT2D eigenvalue weighted by Crippen LogP contribution is 2.16. The van der Waals surface area contributed by atoms with Crippen molar-refractivity contribution in [1.82, 2.24) is 0 Å². The molecule has 1 unspecified atom stereocenters. The molecule has 0 aromatic rings. The maximum atomic E-state index is 12.9. The lowest BCUT2D eigenvalue weighted by atomic mass is 10.0. The third-order valence-corrected chi connectivity index (χ3v) is 14.6. The highest BCUT2D eigenvalue weighted by Gasteiger charge is 2.19. The number of unbranched alkanes of at least 4 members (excludes halogenated alkanes) is 29. The summed E-state index contributed by atoms with van der Waals surface area (Å²) in [5.74, 6) is -0.904. The minimum absolute atomic E-state index is 0.0854. The summed E-state index contributed by atoms with van der Waals surface area (Å²) in [4.78, 5) is 38.3. The average molecular weight is 1150 g/mol. The first-order valence-corrected chi connectivity index (χ1v) is 34.7. The number of carbonyl (C=O) groups is 3. The second-order valence-corrected chi connectivity index (χ2v) is 22.7. The molecule has 0 rings (SSSR count). The molecule has 6 heteroatoms. The topological polar surface area (TPSA) is 78.9 Å². The lowest BCUT2D eigenvalue weighted by molar-refractivity contribution is -0.167. The van der Waals surface area contributed by atoms with Gasteiger partial charge in [0.1, 0.15) is 13.2 Å². The number of hydrogen-bond acceptors (Lipinski definition) is 6. The van der Waals surface area contributed by atoms with Crippen LogP contribution < -0.4 is 0 Å². The molecule has 0 saturated carbocycles. The molecule has 472 valence electrons. The molecule has 0 bridgehead atoms. The van der Waals surface area contributed by atoms with E-state index in [1.807, 2.05) is 0 Å². The first-order valence-electron chi connectivity index (χ1n) is 34.7. The summed E-state index contributed by atoms with van der Waals surface area (Å²) in [6.45, 7) is 6.50. The largest absolute Gasteiger partial charge is 0.462 e. The second-order valence-electron chi connectivity index (χ2n) is 22.7. The van der Waals surface area contributed by atoms with Crippen LogP contribution in [-0.4, -0.2) is 37.2 Å². The Bertz CT molecular complexity index is 1750. The number of rotatable bonds is 62. The van der Waals surface area contributed by atoms with Crippen LogP contribution in [0.25, 0.3) is 0 Å². The van der Waals surface area contributed by atoms with E-state index in [4.69, 9.17) is 14.2 Å². The van der Waals surface area contributed by atoms with E-state index >= 15 is 0 Å². The normalized spacial score (nSPS) is 13.0. The fourth-order valence-electron chi connectivity index (χ4n) is 9.47. The van der Waals surface area contributed by atoms with E-state index in [1.54, 1.807) is 0 Å². The molecule has 0 N–H and O–H groups in total. The van der Waals surface area contributed by atoms with Crippen molar-refractivity contribution in [2.45, 2.75) is 322 Å². The molecule has 83 heavy (non-hydrogen) atoms. The van der Waals surface area contributed by atoms with Crippen LogP contribution in [-0.2, 0) is 28.6 Å². The van der Waals surface area contributed by atoms with Gasteiger partial charge in [0.15, 0.2) is 6.10 Å². The molecule has 0 heterocycles. The molecule has 0 aliphatic heterocycles. The molecule has 6 nitrogen and oxygen atoms in total. The predicted octanol–water partition coefficient (Wildman–Crippen LogP) is 24.1. The molecule has 0 aromatic heterocycles. The van der Waals surface area contributed by atoms with E-state index in [0.717, 1.165) is 141 Å². The Morgan fingerprint density at radius 2 is 0.470 bits per heavy atom. The van der Waals surface area contributed by atoms with Gasteiger partial charge >= 0.3 is 17.9 Å². The molecular formula is C77H128O6. The fourth-order valence-corrected chi connectivity index (χ4v) is 9.47. The lowest BCUT2D eigenvalue weighted by Crippen LogP contribution is -2.30. The SMILES string of the molecule is CC/C=C\C/C=C\C/C=C\C/C=C\C/C=C\C/C=C\C/C=C\C/C=C\C/C=C\CCCCCCCC(=O)OCC(COC(=O)CCCCCCCCCCC)OC(=O)CCCCCCCCCCCCC/C=C\C/C=C\CCCCCCC. The predicted molar refractivity (Wildman–Crippen MR) is 362 cm³/mol. The van der Waals surface area contributed by atoms with E-state index in [1.165, 1.54) is 135 Å². The van der Waals surface area contributed by atoms with Crippen molar-refractivity contribution in [2.75, 3.05) is 13.2 Å². The van der Waals surface area contributed by atoms with Crippen LogP contribution in [0.3, 0.4) is 0 Å². The molecule has 0 radical (unpaired) electrons. The maximum Gasteiger partial charge on any atom is 0.306 e. The summed E-state index contributed by atoms with van der Waals surface area (Å²) >= 11 is 0. The highest BCUT2D eigenvalue weighted by molar-refractivity contribution is 5.71. The zero-order valence-electron chi connectivity index (χ0n) is 54.2. The Balaban J connectivity index is 4.25. The smallest absolute Gasteiger partial charge is 0.306 e. The Labute approximate surface area is 513 Å². The number of hydrogen-bond donors (Lipinski definition) is 0. The summed E-state index contributed by atoms with van der Waals surface area (Å²) in [5, 5.41) is 0. The number of allylic oxidation sites excluding steroid dienone is 22. The van der Waals surface area contributed by atoms with Gasteiger partial charge < -0.3 is 14.2 Å². The van der Waals surface area contributed by atoms with Crippen molar-refractivity contribution in [3.63, 3.8) is 0 Å². The van der Waals surface area contributed by atoms with E-state index in [0.29, 0.717) is 19.3 Å². The van der Waals surface area contributed by atoms with Crippen molar-refractivity contribution in [3.05, 3.63) is 134 Å². The lowest BCUT2D eigenvalue weighted by Gasteiger charge is -2.18. The van der Waals surface area contributed by atoms with Crippen LogP contribution >= 0.6 is 0 Å². The van der Waals surface area contributed by atoms with Crippen molar-refractivity contribution in [2.24, 2.45) is 0 Å². The monoisotopic (exact) mass is 1150 g/mol. The molecule has 0 amide bonds. The van der Waals surface area contributed by atoms with Gasteiger partial charge in [-0.15, -0.1) is 0 Å². The van der Waals surface area contributed by atoms with E-state index < -0.39 is 6.10 Å². The van der Waals surface area contributed by atoms with Gasteiger partial charge in [-0.25, -0.2) is 0 Å². The minimum Gasteiger partial charge on any atom is -0.462 e. The van der Waals surface area contributed by atoms with Gasteiger partial charge in [-0.3, -0.25) is 14.4 Å². The minimum atomic E-state index is -0.790. The molecular weight excluding hydrogens is 1020 g/mol. The zero-order valence-corrected chi connectivity index (χ0v) is 54.2. The first kappa shape index (κ1) is 78.5. The molecule has 0 aliphatic carbocycles. The summed E-state index contributed by atoms with van der Waals surface area (Å²) < 4.78 is 16.9. The number of carbonyl (C=O) groups excluding carboxylic acids is 3. The third-order valence-electron chi connectivity index (χ3n) is 14.6. The fraction of sp³-hybridized carbons (Fsp3) is 0.675. The average Bonchev–Trinajstić information content (AvgIpc) is 3.49. The van der Waals surface area contributed by atoms with Crippen LogP contribution in [0, 0.1) is 0 Å². The molecule has 0 fully saturated rings. The van der Waals surface area contributed by atoms with Gasteiger partial charge in [-0.1, -0.05) is 309 Å². The van der Waals surface area contributed by atoms with Gasteiger partial charge in [0.25, 0.3) is 0 Å². The van der Waals surface area contributed by atoms with Crippen molar-refractivity contribution in [3.8, 4) is 0 Å². The third kappa shape index (κ3) is 68.2. The summed E-state index contributed by atoms with van der Waals surface area (Å²) in [7, 11) is 0. The molecule has 0 saturated heterocycles. The summed E-state index contributed by atoms with van der Waals surface area (Å²) in [5.41, 5.74) is 0. The van der Waals surface area contributed by atoms with E-state index in [2.05, 4.69) is 154 Å². The van der Waals surface area contributed by atoms with Crippen LogP contribution in [0.2, 0.25) is 0 Å². The Kier molecular flexibility index (Phi) is 66.3. The van der Waals surface area contributed by atoms with Crippen LogP contribution in [0.1, 0.15) is 316 Å². The zero-order chi connectivity index (χ0) is 59.9. The summed E-state index contributed by atoms with van der Waals surface area (Å²) in [6.07, 6.45) is 99.1. The standard InChI is InChI=1S/C77H128O6/c1-4-7-10-13-16-19-21-23-25-27-29-31-33-34-35-36-37-38-39-40-41-42-44-45-47-49-51-53-55-58-61-64-67-70-76(79)82-73-74(72-81-75(78)69-66-63-60-57-18-15-12-9-6-3)83-77(80)71-68-65-62-59-56-54-52-50-48-46-43-32-30-28-26-24-22-20-17-14-11-8-5-2/h7,10,16,19,22-25,28-31,34-35,37-38,40-41,44-45,49,51,74H,4-6,8-9,11-15,17-18,20-21,26-27,32-33,36,39,42-43,46-48,50,52-73H2,1-3H3/b10-7-,19-16-,24-22-,25-23-,30-28-,31-29-,35-34-,38-37-,41-40-,45-44-,51-49-. The van der Waals surface area contributed by atoms with Crippen LogP contribution in [0.5, 0.6) is 0 Å². The maximum absolute atomic E-state index is 12.9. The van der Waals surface area contributed by atoms with Crippen molar-refractivity contribution >= 4 is 17.9 Å². The molecule has 0 aromatic carbocycles. The number of esters is 3. The Hall–Kier alpha value is -4.45. The van der Waals surface area contributed by atoms with Gasteiger partial charge in [0.2, 0.25) is 0 Å². The van der Waals surface area contributed by atoms with Gasteiger partial charge in [0, 0.05) is 19.3 Å². The first-order chi connectivity index (χ1) is 41.0.